The van der Waals surface area contributed by atoms with Crippen LogP contribution in [-0.2, 0) is 11.2 Å². The van der Waals surface area contributed by atoms with Gasteiger partial charge in [-0.1, -0.05) is 11.3 Å². The van der Waals surface area contributed by atoms with Crippen LogP contribution in [0.4, 0.5) is 0 Å². The first-order valence-electron chi connectivity index (χ1n) is 7.82. The fourth-order valence-corrected chi connectivity index (χ4v) is 3.62. The molecule has 1 amide bonds. The molecule has 7 nitrogen and oxygen atoms in total. The average Bonchev–Trinajstić information content (AvgIpc) is 3.21. The van der Waals surface area contributed by atoms with Gasteiger partial charge in [0.2, 0.25) is 10.9 Å². The van der Waals surface area contributed by atoms with E-state index in [1.54, 1.807) is 4.52 Å². The molecule has 1 fully saturated rings. The Balaban J connectivity index is 1.43. The van der Waals surface area contributed by atoms with Gasteiger partial charge in [0.15, 0.2) is 5.82 Å². The van der Waals surface area contributed by atoms with Gasteiger partial charge in [0.25, 0.3) is 0 Å². The minimum atomic E-state index is 0.0914. The molecule has 1 atom stereocenters. The molecule has 22 heavy (non-hydrogen) atoms. The Morgan fingerprint density at radius 3 is 2.86 bits per heavy atom. The third-order valence-corrected chi connectivity index (χ3v) is 5.07. The molecule has 1 N–H and O–H groups in total. The van der Waals surface area contributed by atoms with Crippen molar-refractivity contribution in [2.24, 2.45) is 0 Å². The largest absolute Gasteiger partial charge is 0.355 e. The van der Waals surface area contributed by atoms with Crippen molar-refractivity contribution in [2.45, 2.75) is 45.6 Å². The minimum absolute atomic E-state index is 0.0914. The summed E-state index contributed by atoms with van der Waals surface area (Å²) in [5.41, 5.74) is 0. The number of carbonyl (C=O) groups is 1. The van der Waals surface area contributed by atoms with E-state index in [1.807, 2.05) is 6.92 Å². The molecule has 0 aromatic carbocycles. The van der Waals surface area contributed by atoms with E-state index in [0.717, 1.165) is 35.4 Å². The highest BCUT2D eigenvalue weighted by atomic mass is 32.1. The van der Waals surface area contributed by atoms with E-state index in [2.05, 4.69) is 32.4 Å². The van der Waals surface area contributed by atoms with E-state index >= 15 is 0 Å². The number of aromatic nitrogens is 4. The van der Waals surface area contributed by atoms with Crippen LogP contribution in [0.1, 0.15) is 37.0 Å². The Bertz CT molecular complexity index is 645. The number of hydrogen-bond acceptors (Lipinski definition) is 6. The quantitative estimate of drug-likeness (QED) is 0.859. The summed E-state index contributed by atoms with van der Waals surface area (Å²) in [6, 6.07) is 0.420. The van der Waals surface area contributed by atoms with Gasteiger partial charge in [0.05, 0.1) is 0 Å². The molecular formula is C14H22N6OS. The van der Waals surface area contributed by atoms with Crippen LogP contribution < -0.4 is 5.32 Å². The predicted octanol–water partition coefficient (Wildman–Crippen LogP) is 1.03. The lowest BCUT2D eigenvalue weighted by Gasteiger charge is -2.23. The van der Waals surface area contributed by atoms with E-state index in [4.69, 9.17) is 0 Å². The second kappa shape index (κ2) is 6.70. The van der Waals surface area contributed by atoms with Crippen LogP contribution in [0, 0.1) is 6.92 Å². The lowest BCUT2D eigenvalue weighted by molar-refractivity contribution is -0.121. The second-order valence-electron chi connectivity index (χ2n) is 5.83. The summed E-state index contributed by atoms with van der Waals surface area (Å²) in [7, 11) is 0. The van der Waals surface area contributed by atoms with Gasteiger partial charge < -0.3 is 5.32 Å². The Hall–Kier alpha value is -1.54. The van der Waals surface area contributed by atoms with E-state index in [1.165, 1.54) is 24.2 Å². The molecule has 2 aromatic rings. The van der Waals surface area contributed by atoms with Crippen molar-refractivity contribution in [3.8, 4) is 0 Å². The third-order valence-electron chi connectivity index (χ3n) is 4.11. The molecule has 8 heteroatoms. The van der Waals surface area contributed by atoms with Gasteiger partial charge in [0, 0.05) is 25.4 Å². The average molecular weight is 322 g/mol. The SMILES string of the molecule is Cc1nnc2sc(CCC(=O)NCC(C)N3CCCC3)nn12. The van der Waals surface area contributed by atoms with E-state index < -0.39 is 0 Å². The number of fused-ring (bicyclic) bond motifs is 1. The molecule has 1 unspecified atom stereocenters. The molecular weight excluding hydrogens is 300 g/mol. The molecule has 3 heterocycles. The molecule has 2 aromatic heterocycles. The fourth-order valence-electron chi connectivity index (χ4n) is 2.74. The highest BCUT2D eigenvalue weighted by Gasteiger charge is 2.18. The van der Waals surface area contributed by atoms with Gasteiger partial charge >= 0.3 is 0 Å². The number of aryl methyl sites for hydroxylation is 2. The van der Waals surface area contributed by atoms with E-state index in [9.17, 15) is 4.79 Å². The Morgan fingerprint density at radius 1 is 1.36 bits per heavy atom. The summed E-state index contributed by atoms with van der Waals surface area (Å²) in [4.78, 5) is 15.2. The van der Waals surface area contributed by atoms with Gasteiger partial charge in [0.1, 0.15) is 5.01 Å². The first kappa shape index (κ1) is 15.4. The zero-order chi connectivity index (χ0) is 15.5. The number of amides is 1. The van der Waals surface area contributed by atoms with Crippen molar-refractivity contribution in [3.63, 3.8) is 0 Å². The second-order valence-corrected chi connectivity index (χ2v) is 6.87. The lowest BCUT2D eigenvalue weighted by Crippen LogP contribution is -2.40. The summed E-state index contributed by atoms with van der Waals surface area (Å²) < 4.78 is 1.73. The summed E-state index contributed by atoms with van der Waals surface area (Å²) in [5.74, 6) is 0.870. The molecule has 0 bridgehead atoms. The van der Waals surface area contributed by atoms with Crippen molar-refractivity contribution in [1.29, 1.82) is 0 Å². The Kier molecular flexibility index (Phi) is 4.68. The number of nitrogens with zero attached hydrogens (tertiary/aromatic N) is 5. The van der Waals surface area contributed by atoms with Gasteiger partial charge in [-0.15, -0.1) is 10.2 Å². The number of likely N-dealkylation sites (tertiary alicyclic amines) is 1. The number of rotatable bonds is 6. The monoisotopic (exact) mass is 322 g/mol. The van der Waals surface area contributed by atoms with Crippen molar-refractivity contribution in [1.82, 2.24) is 30.0 Å². The topological polar surface area (TPSA) is 75.4 Å². The predicted molar refractivity (Wildman–Crippen MR) is 85.0 cm³/mol. The van der Waals surface area contributed by atoms with Crippen LogP contribution >= 0.6 is 11.3 Å². The zero-order valence-electron chi connectivity index (χ0n) is 13.1. The summed E-state index contributed by atoms with van der Waals surface area (Å²) in [5, 5.41) is 16.4. The van der Waals surface area contributed by atoms with Crippen molar-refractivity contribution < 1.29 is 4.79 Å². The van der Waals surface area contributed by atoms with Crippen LogP contribution in [-0.4, -0.2) is 56.3 Å². The Labute approximate surface area is 133 Å². The van der Waals surface area contributed by atoms with Crippen molar-refractivity contribution in [2.75, 3.05) is 19.6 Å². The third kappa shape index (κ3) is 3.44. The maximum atomic E-state index is 12.0. The number of hydrogen-bond donors (Lipinski definition) is 1. The Morgan fingerprint density at radius 2 is 2.14 bits per heavy atom. The summed E-state index contributed by atoms with van der Waals surface area (Å²) >= 11 is 1.49. The molecule has 3 rings (SSSR count). The molecule has 1 aliphatic heterocycles. The van der Waals surface area contributed by atoms with Gasteiger partial charge in [-0.3, -0.25) is 9.69 Å². The normalized spacial score (nSPS) is 17.2. The van der Waals surface area contributed by atoms with Crippen LogP contribution in [0.5, 0.6) is 0 Å². The van der Waals surface area contributed by atoms with Gasteiger partial charge in [-0.25, -0.2) is 0 Å². The maximum Gasteiger partial charge on any atom is 0.234 e. The number of nitrogens with one attached hydrogen (secondary N) is 1. The fraction of sp³-hybridized carbons (Fsp3) is 0.714. The maximum absolute atomic E-state index is 12.0. The summed E-state index contributed by atoms with van der Waals surface area (Å²) in [6.07, 6.45) is 3.67. The van der Waals surface area contributed by atoms with Crippen LogP contribution in [0.3, 0.4) is 0 Å². The highest BCUT2D eigenvalue weighted by Crippen LogP contribution is 2.15. The molecule has 120 valence electrons. The first-order chi connectivity index (χ1) is 10.6. The summed E-state index contributed by atoms with van der Waals surface area (Å²) in [6.45, 7) is 7.09. The first-order valence-corrected chi connectivity index (χ1v) is 8.63. The zero-order valence-corrected chi connectivity index (χ0v) is 13.9. The van der Waals surface area contributed by atoms with Crippen LogP contribution in [0.15, 0.2) is 0 Å². The molecule has 0 radical (unpaired) electrons. The van der Waals surface area contributed by atoms with Gasteiger partial charge in [-0.2, -0.15) is 9.61 Å². The molecule has 0 spiro atoms. The lowest BCUT2D eigenvalue weighted by atomic mass is 10.2. The van der Waals surface area contributed by atoms with E-state index in [0.29, 0.717) is 18.9 Å². The van der Waals surface area contributed by atoms with Crippen molar-refractivity contribution in [3.05, 3.63) is 10.8 Å². The van der Waals surface area contributed by atoms with Crippen LogP contribution in [0.2, 0.25) is 0 Å². The molecule has 1 saturated heterocycles. The van der Waals surface area contributed by atoms with Crippen LogP contribution in [0.25, 0.3) is 4.96 Å². The molecule has 0 saturated carbocycles. The van der Waals surface area contributed by atoms with E-state index in [-0.39, 0.29) is 5.91 Å². The molecule has 1 aliphatic rings. The van der Waals surface area contributed by atoms with Gasteiger partial charge in [-0.05, 0) is 39.8 Å². The smallest absolute Gasteiger partial charge is 0.234 e. The molecule has 0 aliphatic carbocycles. The minimum Gasteiger partial charge on any atom is -0.355 e. The van der Waals surface area contributed by atoms with Crippen molar-refractivity contribution >= 4 is 22.2 Å². The number of carbonyl (C=O) groups excluding carboxylic acids is 1. The highest BCUT2D eigenvalue weighted by molar-refractivity contribution is 7.16. The standard InChI is InChI=1S/C14H22N6OS/c1-10(19-7-3-4-8-19)9-15-12(21)5-6-13-18-20-11(2)16-17-14(20)22-13/h10H,3-9H2,1-2H3,(H,15,21).